The van der Waals surface area contributed by atoms with E-state index in [1.165, 1.54) is 48.5 Å². The van der Waals surface area contributed by atoms with Gasteiger partial charge >= 0.3 is 0 Å². The first-order valence-electron chi connectivity index (χ1n) is 11.2. The van der Waals surface area contributed by atoms with Gasteiger partial charge in [0.25, 0.3) is 15.9 Å². The van der Waals surface area contributed by atoms with Crippen molar-refractivity contribution in [1.82, 2.24) is 9.80 Å². The largest absolute Gasteiger partial charge is 0.454 e. The number of hydrogen-bond acceptors (Lipinski definition) is 6. The van der Waals surface area contributed by atoms with Crippen LogP contribution >= 0.6 is 0 Å². The van der Waals surface area contributed by atoms with Crippen LogP contribution in [0.25, 0.3) is 0 Å². The van der Waals surface area contributed by atoms with E-state index in [4.69, 9.17) is 9.47 Å². The lowest BCUT2D eigenvalue weighted by Gasteiger charge is -2.34. The highest BCUT2D eigenvalue weighted by Gasteiger charge is 2.24. The molecule has 1 saturated heterocycles. The number of hydrogen-bond donors (Lipinski definition) is 1. The predicted molar refractivity (Wildman–Crippen MR) is 127 cm³/mol. The summed E-state index contributed by atoms with van der Waals surface area (Å²) in [7, 11) is -3.98. The van der Waals surface area contributed by atoms with Crippen LogP contribution in [0.3, 0.4) is 0 Å². The SMILES string of the molecule is O=C(c1ccc(S(=O)(=O)Nc2ccccc2F)cc1)N1CCN(Cc2ccc3c(c2)OCO3)CC1. The van der Waals surface area contributed by atoms with Crippen molar-refractivity contribution in [2.45, 2.75) is 11.4 Å². The molecule has 2 aliphatic rings. The minimum atomic E-state index is -3.98. The molecule has 3 aromatic rings. The molecule has 0 radical (unpaired) electrons. The van der Waals surface area contributed by atoms with Gasteiger partial charge in [-0.05, 0) is 54.1 Å². The first-order valence-corrected chi connectivity index (χ1v) is 12.6. The summed E-state index contributed by atoms with van der Waals surface area (Å²) in [6.07, 6.45) is 0. The maximum atomic E-state index is 13.8. The van der Waals surface area contributed by atoms with Crippen molar-refractivity contribution in [1.29, 1.82) is 0 Å². The summed E-state index contributed by atoms with van der Waals surface area (Å²) in [5, 5.41) is 0. The van der Waals surface area contributed by atoms with Crippen LogP contribution in [0.5, 0.6) is 11.5 Å². The second-order valence-corrected chi connectivity index (χ2v) is 10.0. The van der Waals surface area contributed by atoms with Crippen molar-refractivity contribution in [3.63, 3.8) is 0 Å². The van der Waals surface area contributed by atoms with Crippen molar-refractivity contribution < 1.29 is 27.1 Å². The lowest BCUT2D eigenvalue weighted by Crippen LogP contribution is -2.48. The maximum absolute atomic E-state index is 13.8. The number of anilines is 1. The Balaban J connectivity index is 1.18. The molecule has 1 amide bonds. The molecule has 0 aliphatic carbocycles. The first kappa shape index (κ1) is 23.1. The number of fused-ring (bicyclic) bond motifs is 1. The van der Waals surface area contributed by atoms with E-state index in [1.807, 2.05) is 18.2 Å². The Kier molecular flexibility index (Phi) is 6.31. The minimum absolute atomic E-state index is 0.0501. The second-order valence-electron chi connectivity index (χ2n) is 8.37. The average Bonchev–Trinajstić information content (AvgIpc) is 3.33. The molecule has 10 heteroatoms. The number of rotatable bonds is 6. The van der Waals surface area contributed by atoms with E-state index in [0.29, 0.717) is 18.7 Å². The molecule has 3 aromatic carbocycles. The Morgan fingerprint density at radius 1 is 0.914 bits per heavy atom. The van der Waals surface area contributed by atoms with Gasteiger partial charge in [-0.3, -0.25) is 14.4 Å². The van der Waals surface area contributed by atoms with Crippen LogP contribution in [-0.2, 0) is 16.6 Å². The third-order valence-corrected chi connectivity index (χ3v) is 7.41. The predicted octanol–water partition coefficient (Wildman–Crippen LogP) is 3.31. The highest BCUT2D eigenvalue weighted by molar-refractivity contribution is 7.92. The molecule has 182 valence electrons. The smallest absolute Gasteiger partial charge is 0.261 e. The molecule has 35 heavy (non-hydrogen) atoms. The molecule has 2 heterocycles. The van der Waals surface area contributed by atoms with E-state index < -0.39 is 15.8 Å². The quantitative estimate of drug-likeness (QED) is 0.562. The number of amides is 1. The summed E-state index contributed by atoms with van der Waals surface area (Å²) in [4.78, 5) is 16.9. The molecule has 8 nitrogen and oxygen atoms in total. The van der Waals surface area contributed by atoms with E-state index in [-0.39, 0.29) is 23.3 Å². The topological polar surface area (TPSA) is 88.2 Å². The summed E-state index contributed by atoms with van der Waals surface area (Å²) >= 11 is 0. The van der Waals surface area contributed by atoms with Crippen molar-refractivity contribution in [2.75, 3.05) is 37.7 Å². The Morgan fingerprint density at radius 3 is 2.37 bits per heavy atom. The van der Waals surface area contributed by atoms with Crippen molar-refractivity contribution in [3.8, 4) is 11.5 Å². The molecule has 1 fully saturated rings. The van der Waals surface area contributed by atoms with Crippen LogP contribution in [0.4, 0.5) is 10.1 Å². The summed E-state index contributed by atoms with van der Waals surface area (Å²) < 4.78 is 52.0. The molecule has 0 spiro atoms. The molecule has 0 unspecified atom stereocenters. The number of nitrogens with one attached hydrogen (secondary N) is 1. The number of sulfonamides is 1. The van der Waals surface area contributed by atoms with Gasteiger partial charge in [0, 0.05) is 38.3 Å². The number of ether oxygens (including phenoxy) is 2. The van der Waals surface area contributed by atoms with Gasteiger partial charge in [-0.25, -0.2) is 12.8 Å². The molecular formula is C25H24FN3O5S. The molecular weight excluding hydrogens is 473 g/mol. The number of halogens is 1. The Labute approximate surface area is 202 Å². The molecule has 0 atom stereocenters. The summed E-state index contributed by atoms with van der Waals surface area (Å²) in [5.41, 5.74) is 1.39. The molecule has 0 aromatic heterocycles. The van der Waals surface area contributed by atoms with Gasteiger partial charge in [0.15, 0.2) is 11.5 Å². The Bertz CT molecular complexity index is 1340. The minimum Gasteiger partial charge on any atom is -0.454 e. The molecule has 1 N–H and O–H groups in total. The highest BCUT2D eigenvalue weighted by Crippen LogP contribution is 2.33. The summed E-state index contributed by atoms with van der Waals surface area (Å²) in [6, 6.07) is 17.1. The monoisotopic (exact) mass is 497 g/mol. The van der Waals surface area contributed by atoms with E-state index in [9.17, 15) is 17.6 Å². The van der Waals surface area contributed by atoms with Gasteiger partial charge in [0.2, 0.25) is 6.79 Å². The number of carbonyl (C=O) groups is 1. The molecule has 0 bridgehead atoms. The third-order valence-electron chi connectivity index (χ3n) is 6.03. The zero-order chi connectivity index (χ0) is 24.4. The molecule has 2 aliphatic heterocycles. The van der Waals surface area contributed by atoms with E-state index in [0.717, 1.165) is 36.7 Å². The van der Waals surface area contributed by atoms with Crippen LogP contribution in [0.15, 0.2) is 71.6 Å². The second kappa shape index (κ2) is 9.55. The van der Waals surface area contributed by atoms with Crippen LogP contribution in [0, 0.1) is 5.82 Å². The van der Waals surface area contributed by atoms with Crippen LogP contribution in [0.2, 0.25) is 0 Å². The number of nitrogens with zero attached hydrogens (tertiary/aromatic N) is 2. The Morgan fingerprint density at radius 2 is 1.63 bits per heavy atom. The van der Waals surface area contributed by atoms with E-state index >= 15 is 0 Å². The van der Waals surface area contributed by atoms with Gasteiger partial charge in [0.05, 0.1) is 10.6 Å². The van der Waals surface area contributed by atoms with E-state index in [1.54, 1.807) is 4.90 Å². The normalized spacial score (nSPS) is 15.7. The molecule has 0 saturated carbocycles. The van der Waals surface area contributed by atoms with Gasteiger partial charge in [-0.15, -0.1) is 0 Å². The number of benzene rings is 3. The first-order chi connectivity index (χ1) is 16.9. The maximum Gasteiger partial charge on any atom is 0.261 e. The fourth-order valence-electron chi connectivity index (χ4n) is 4.11. The van der Waals surface area contributed by atoms with Crippen molar-refractivity contribution >= 4 is 21.6 Å². The van der Waals surface area contributed by atoms with Crippen LogP contribution < -0.4 is 14.2 Å². The van der Waals surface area contributed by atoms with Gasteiger partial charge < -0.3 is 14.4 Å². The third kappa shape index (κ3) is 5.08. The summed E-state index contributed by atoms with van der Waals surface area (Å²) in [6.45, 7) is 3.57. The van der Waals surface area contributed by atoms with Gasteiger partial charge in [0.1, 0.15) is 5.82 Å². The zero-order valence-electron chi connectivity index (χ0n) is 18.8. The number of piperazine rings is 1. The fraction of sp³-hybridized carbons (Fsp3) is 0.240. The van der Waals surface area contributed by atoms with Crippen LogP contribution in [0.1, 0.15) is 15.9 Å². The Hall–Kier alpha value is -3.63. The lowest BCUT2D eigenvalue weighted by molar-refractivity contribution is 0.0628. The van der Waals surface area contributed by atoms with Gasteiger partial charge in [-0.2, -0.15) is 0 Å². The zero-order valence-corrected chi connectivity index (χ0v) is 19.6. The van der Waals surface area contributed by atoms with E-state index in [2.05, 4.69) is 9.62 Å². The van der Waals surface area contributed by atoms with Crippen molar-refractivity contribution in [3.05, 3.63) is 83.7 Å². The number of para-hydroxylation sites is 1. The fourth-order valence-corrected chi connectivity index (χ4v) is 5.18. The molecule has 5 rings (SSSR count). The standard InChI is InChI=1S/C25H24FN3O5S/c26-21-3-1-2-4-22(21)27-35(31,32)20-8-6-19(7-9-20)25(30)29-13-11-28(12-14-29)16-18-5-10-23-24(15-18)34-17-33-23/h1-10,15,27H,11-14,16-17H2. The lowest BCUT2D eigenvalue weighted by atomic mass is 10.1. The number of carbonyl (C=O) groups excluding carboxylic acids is 1. The highest BCUT2D eigenvalue weighted by atomic mass is 32.2. The van der Waals surface area contributed by atoms with Crippen LogP contribution in [-0.4, -0.2) is 57.1 Å². The summed E-state index contributed by atoms with van der Waals surface area (Å²) in [5.74, 6) is 0.691. The van der Waals surface area contributed by atoms with Gasteiger partial charge in [-0.1, -0.05) is 18.2 Å². The average molecular weight is 498 g/mol. The van der Waals surface area contributed by atoms with Crippen molar-refractivity contribution in [2.24, 2.45) is 0 Å².